The molecule has 1 rings (SSSR count). The summed E-state index contributed by atoms with van der Waals surface area (Å²) in [5.74, 6) is -1.78. The number of carbonyl (C=O) groups excluding carboxylic acids is 1. The van der Waals surface area contributed by atoms with Crippen molar-refractivity contribution < 1.29 is 18.0 Å². The number of anilines is 1. The maximum Gasteiger partial charge on any atom is 0.451 e. The lowest BCUT2D eigenvalue weighted by Crippen LogP contribution is -2.33. The molecule has 0 spiro atoms. The van der Waals surface area contributed by atoms with Crippen LogP contribution in [-0.2, 0) is 11.3 Å². The van der Waals surface area contributed by atoms with Crippen molar-refractivity contribution in [1.82, 2.24) is 5.32 Å². The Morgan fingerprint density at radius 2 is 2.06 bits per heavy atom. The minimum atomic E-state index is -4.78. The summed E-state index contributed by atoms with van der Waals surface area (Å²) in [6.07, 6.45) is -4.78. The van der Waals surface area contributed by atoms with E-state index in [1.165, 1.54) is 0 Å². The van der Waals surface area contributed by atoms with E-state index in [0.717, 1.165) is 5.56 Å². The molecule has 0 unspecified atom stereocenters. The van der Waals surface area contributed by atoms with E-state index in [9.17, 15) is 18.0 Å². The Balaban J connectivity index is 2.39. The maximum absolute atomic E-state index is 11.8. The number of nitrogens with one attached hydrogen (secondary N) is 1. The minimum Gasteiger partial charge on any atom is -0.399 e. The van der Waals surface area contributed by atoms with Crippen molar-refractivity contribution in [3.63, 3.8) is 0 Å². The highest BCUT2D eigenvalue weighted by Gasteiger charge is 2.37. The molecule has 0 bridgehead atoms. The van der Waals surface area contributed by atoms with Gasteiger partial charge in [0.1, 0.15) is 0 Å². The summed E-state index contributed by atoms with van der Waals surface area (Å²) in [7, 11) is 0. The highest BCUT2D eigenvalue weighted by Crippen LogP contribution is 2.15. The van der Waals surface area contributed by atoms with Crippen LogP contribution in [0.25, 0.3) is 0 Å². The van der Waals surface area contributed by atoms with Gasteiger partial charge >= 0.3 is 6.18 Å². The fraction of sp³-hybridized carbons (Fsp3) is 0.300. The van der Waals surface area contributed by atoms with Crippen LogP contribution in [0.4, 0.5) is 18.9 Å². The van der Waals surface area contributed by atoms with Crippen LogP contribution in [0, 0.1) is 0 Å². The first-order chi connectivity index (χ1) is 7.39. The van der Waals surface area contributed by atoms with E-state index >= 15 is 0 Å². The Kier molecular flexibility index (Phi) is 3.89. The van der Waals surface area contributed by atoms with Crippen molar-refractivity contribution >= 4 is 11.5 Å². The molecule has 3 nitrogen and oxygen atoms in total. The molecule has 0 saturated carbocycles. The molecule has 0 atom stereocenters. The van der Waals surface area contributed by atoms with Gasteiger partial charge in [-0.2, -0.15) is 13.2 Å². The second-order valence-corrected chi connectivity index (χ2v) is 3.27. The van der Waals surface area contributed by atoms with Crippen LogP contribution in [0.1, 0.15) is 5.56 Å². The Hall–Kier alpha value is -1.56. The summed E-state index contributed by atoms with van der Waals surface area (Å²) in [5.41, 5.74) is 6.75. The van der Waals surface area contributed by atoms with E-state index < -0.39 is 18.5 Å². The van der Waals surface area contributed by atoms with E-state index in [0.29, 0.717) is 5.69 Å². The molecule has 0 aromatic heterocycles. The van der Waals surface area contributed by atoms with Gasteiger partial charge in [-0.05, 0) is 17.7 Å². The molecule has 1 aromatic carbocycles. The Morgan fingerprint density at radius 3 is 2.62 bits per heavy atom. The standard InChI is InChI=1S/C10H11F3N2O/c11-10(12,13)9(16)6-15-5-7-2-1-3-8(14)4-7/h1-4,15H,5-6,14H2. The van der Waals surface area contributed by atoms with Gasteiger partial charge in [0.05, 0.1) is 6.54 Å². The van der Waals surface area contributed by atoms with E-state index in [2.05, 4.69) is 5.32 Å². The summed E-state index contributed by atoms with van der Waals surface area (Å²) >= 11 is 0. The van der Waals surface area contributed by atoms with E-state index in [-0.39, 0.29) is 6.54 Å². The summed E-state index contributed by atoms with van der Waals surface area (Å²) < 4.78 is 35.5. The lowest BCUT2D eigenvalue weighted by molar-refractivity contribution is -0.169. The molecule has 0 aliphatic rings. The highest BCUT2D eigenvalue weighted by molar-refractivity contribution is 5.85. The number of alkyl halides is 3. The number of carbonyl (C=O) groups is 1. The van der Waals surface area contributed by atoms with Gasteiger partial charge in [0.15, 0.2) is 0 Å². The fourth-order valence-corrected chi connectivity index (χ4v) is 1.12. The van der Waals surface area contributed by atoms with Crippen LogP contribution in [0.15, 0.2) is 24.3 Å². The van der Waals surface area contributed by atoms with Gasteiger partial charge < -0.3 is 11.1 Å². The first-order valence-corrected chi connectivity index (χ1v) is 4.55. The first kappa shape index (κ1) is 12.5. The van der Waals surface area contributed by atoms with E-state index in [1.807, 2.05) is 0 Å². The third-order valence-electron chi connectivity index (χ3n) is 1.88. The number of ketones is 1. The molecule has 0 radical (unpaired) electrons. The molecule has 0 heterocycles. The van der Waals surface area contributed by atoms with Crippen LogP contribution in [-0.4, -0.2) is 18.5 Å². The van der Waals surface area contributed by atoms with Crippen molar-refractivity contribution in [2.24, 2.45) is 0 Å². The van der Waals surface area contributed by atoms with Crippen LogP contribution in [0.3, 0.4) is 0 Å². The molecule has 3 N–H and O–H groups in total. The van der Waals surface area contributed by atoms with Gasteiger partial charge in [0.25, 0.3) is 0 Å². The van der Waals surface area contributed by atoms with Crippen molar-refractivity contribution in [2.75, 3.05) is 12.3 Å². The van der Waals surface area contributed by atoms with Crippen molar-refractivity contribution in [3.8, 4) is 0 Å². The largest absolute Gasteiger partial charge is 0.451 e. The van der Waals surface area contributed by atoms with Gasteiger partial charge in [-0.15, -0.1) is 0 Å². The molecule has 88 valence electrons. The molecule has 16 heavy (non-hydrogen) atoms. The van der Waals surface area contributed by atoms with Crippen LogP contribution in [0.2, 0.25) is 0 Å². The maximum atomic E-state index is 11.8. The predicted octanol–water partition coefficient (Wildman–Crippen LogP) is 1.49. The fourth-order valence-electron chi connectivity index (χ4n) is 1.12. The normalized spacial score (nSPS) is 11.4. The molecule has 0 aliphatic carbocycles. The molecule has 0 aliphatic heterocycles. The monoisotopic (exact) mass is 232 g/mol. The van der Waals surface area contributed by atoms with Gasteiger partial charge in [0.2, 0.25) is 5.78 Å². The average molecular weight is 232 g/mol. The highest BCUT2D eigenvalue weighted by atomic mass is 19.4. The van der Waals surface area contributed by atoms with Gasteiger partial charge in [-0.1, -0.05) is 12.1 Å². The van der Waals surface area contributed by atoms with Crippen LogP contribution >= 0.6 is 0 Å². The summed E-state index contributed by atoms with van der Waals surface area (Å²) in [6, 6.07) is 6.70. The van der Waals surface area contributed by atoms with Crippen LogP contribution in [0.5, 0.6) is 0 Å². The number of nitrogens with two attached hydrogens (primary N) is 1. The number of rotatable bonds is 4. The van der Waals surface area contributed by atoms with E-state index in [4.69, 9.17) is 5.73 Å². The molecule has 0 saturated heterocycles. The van der Waals surface area contributed by atoms with Gasteiger partial charge in [0, 0.05) is 12.2 Å². The SMILES string of the molecule is Nc1cccc(CNCC(=O)C(F)(F)F)c1. The second-order valence-electron chi connectivity index (χ2n) is 3.27. The molecular formula is C10H11F3N2O. The number of nitrogen functional groups attached to an aromatic ring is 1. The third-order valence-corrected chi connectivity index (χ3v) is 1.88. The smallest absolute Gasteiger partial charge is 0.399 e. The third kappa shape index (κ3) is 3.90. The Morgan fingerprint density at radius 1 is 1.38 bits per heavy atom. The van der Waals surface area contributed by atoms with Crippen molar-refractivity contribution in [2.45, 2.75) is 12.7 Å². The predicted molar refractivity (Wildman–Crippen MR) is 53.6 cm³/mol. The molecule has 0 fully saturated rings. The Labute approximate surface area is 90.4 Å². The zero-order chi connectivity index (χ0) is 12.2. The number of hydrogen-bond acceptors (Lipinski definition) is 3. The number of halogens is 3. The van der Waals surface area contributed by atoms with Crippen LogP contribution < -0.4 is 11.1 Å². The van der Waals surface area contributed by atoms with Gasteiger partial charge in [-0.25, -0.2) is 0 Å². The first-order valence-electron chi connectivity index (χ1n) is 4.55. The van der Waals surface area contributed by atoms with E-state index in [1.54, 1.807) is 24.3 Å². The lowest BCUT2D eigenvalue weighted by Gasteiger charge is -2.07. The lowest BCUT2D eigenvalue weighted by atomic mass is 10.2. The van der Waals surface area contributed by atoms with Crippen molar-refractivity contribution in [1.29, 1.82) is 0 Å². The second kappa shape index (κ2) is 4.98. The van der Waals surface area contributed by atoms with Gasteiger partial charge in [-0.3, -0.25) is 4.79 Å². The zero-order valence-electron chi connectivity index (χ0n) is 8.34. The molecular weight excluding hydrogens is 221 g/mol. The summed E-state index contributed by atoms with van der Waals surface area (Å²) in [4.78, 5) is 10.5. The molecule has 0 amide bonds. The number of benzene rings is 1. The Bertz CT molecular complexity index is 377. The summed E-state index contributed by atoms with van der Waals surface area (Å²) in [6.45, 7) is -0.550. The zero-order valence-corrected chi connectivity index (χ0v) is 8.34. The quantitative estimate of drug-likeness (QED) is 0.773. The molecule has 6 heteroatoms. The number of Topliss-reactive ketones (excluding diaryl/α,β-unsaturated/α-hetero) is 1. The molecule has 1 aromatic rings. The topological polar surface area (TPSA) is 55.1 Å². The minimum absolute atomic E-state index is 0.173. The average Bonchev–Trinajstić information content (AvgIpc) is 2.16. The van der Waals surface area contributed by atoms with Crippen molar-refractivity contribution in [3.05, 3.63) is 29.8 Å². The summed E-state index contributed by atoms with van der Waals surface area (Å²) in [5, 5.41) is 2.41. The number of hydrogen-bond donors (Lipinski definition) is 2.